The summed E-state index contributed by atoms with van der Waals surface area (Å²) < 4.78 is 25.7. The number of amides is 2. The molecular formula is C46H57ClN6O6Si. The van der Waals surface area contributed by atoms with E-state index in [4.69, 9.17) is 23.6 Å². The number of anilines is 2. The van der Waals surface area contributed by atoms with E-state index in [-0.39, 0.29) is 42.1 Å². The fraction of sp³-hybridized carbons (Fsp3) is 0.435. The van der Waals surface area contributed by atoms with Gasteiger partial charge in [0.25, 0.3) is 11.8 Å². The molecule has 60 heavy (non-hydrogen) atoms. The second kappa shape index (κ2) is 16.8. The van der Waals surface area contributed by atoms with E-state index in [1.165, 1.54) is 5.56 Å². The first-order valence-corrected chi connectivity index (χ1v) is 23.6. The van der Waals surface area contributed by atoms with Crippen LogP contribution in [-0.4, -0.2) is 96.6 Å². The van der Waals surface area contributed by atoms with Crippen LogP contribution in [0.2, 0.25) is 18.1 Å². The van der Waals surface area contributed by atoms with E-state index >= 15 is 4.79 Å². The lowest BCUT2D eigenvalue weighted by Crippen LogP contribution is -2.43. The molecule has 5 heterocycles. The number of aromatic nitrogens is 2. The smallest absolute Gasteiger partial charge is 0.261 e. The van der Waals surface area contributed by atoms with Gasteiger partial charge in [0.2, 0.25) is 15.1 Å². The Hall–Kier alpha value is -4.95. The first-order chi connectivity index (χ1) is 28.1. The van der Waals surface area contributed by atoms with E-state index in [0.29, 0.717) is 78.0 Å². The largest absolute Gasteiger partial charge is 0.544 e. The van der Waals surface area contributed by atoms with Gasteiger partial charge in [0.15, 0.2) is 11.5 Å². The topological polar surface area (TPSA) is 111 Å². The molecule has 1 fully saturated rings. The van der Waals surface area contributed by atoms with Gasteiger partial charge in [0.05, 0.1) is 41.9 Å². The zero-order chi connectivity index (χ0) is 41.7. The van der Waals surface area contributed by atoms with Crippen LogP contribution in [0.1, 0.15) is 68.1 Å². The maximum absolute atomic E-state index is 15.4. The highest BCUT2D eigenvalue weighted by Gasteiger charge is 2.43. The average Bonchev–Trinajstić information content (AvgIpc) is 3.95. The number of hydrogen-bond acceptors (Lipinski definition) is 9. The molecule has 0 aliphatic carbocycles. The Labute approximate surface area is 360 Å². The number of benzene rings is 3. The van der Waals surface area contributed by atoms with Gasteiger partial charge >= 0.3 is 0 Å². The Bertz CT molecular complexity index is 2310. The molecule has 1 aromatic heterocycles. The minimum atomic E-state index is -2.10. The number of carbonyl (C=O) groups excluding carboxylic acids is 2. The molecule has 14 heteroatoms. The summed E-state index contributed by atoms with van der Waals surface area (Å²) in [4.78, 5) is 41.6. The fourth-order valence-electron chi connectivity index (χ4n) is 8.05. The summed E-state index contributed by atoms with van der Waals surface area (Å²) in [7, 11) is -0.263. The Morgan fingerprint density at radius 2 is 1.67 bits per heavy atom. The summed E-state index contributed by atoms with van der Waals surface area (Å²) in [6.45, 7) is 19.4. The van der Waals surface area contributed by atoms with Gasteiger partial charge < -0.3 is 23.5 Å². The lowest BCUT2D eigenvalue weighted by Gasteiger charge is -2.36. The molecule has 4 aromatic rings. The van der Waals surface area contributed by atoms with Crippen LogP contribution >= 0.6 is 12.4 Å². The first kappa shape index (κ1) is 43.1. The van der Waals surface area contributed by atoms with Crippen LogP contribution in [0.5, 0.6) is 17.2 Å². The van der Waals surface area contributed by atoms with Gasteiger partial charge in [0.1, 0.15) is 5.75 Å². The van der Waals surface area contributed by atoms with E-state index < -0.39 is 13.9 Å². The molecule has 318 valence electrons. The van der Waals surface area contributed by atoms with Gasteiger partial charge in [-0.15, -0.1) is 12.4 Å². The van der Waals surface area contributed by atoms with Crippen molar-refractivity contribution in [2.75, 3.05) is 44.5 Å². The number of fused-ring (bicyclic) bond motifs is 2. The van der Waals surface area contributed by atoms with E-state index in [1.807, 2.05) is 73.6 Å². The number of ether oxygens (including phenoxy) is 3. The number of aryl methyl sites for hydroxylation is 1. The van der Waals surface area contributed by atoms with E-state index in [0.717, 1.165) is 30.8 Å². The SMILES string of the molecule is C[C@@H]1Cc2ccccc2CN1C(=O)c1cc2c(cc1C1=NC(C)(CCN3CCOCC3)C(C(=O)N(c3ccc(O[Si](C)(C)C(C)(C)C)cc3)c3cnn(C)c3)=C1)OCO2.Cl. The molecule has 4 aliphatic rings. The minimum Gasteiger partial charge on any atom is -0.544 e. The van der Waals surface area contributed by atoms with Gasteiger partial charge in [-0.05, 0) is 98.4 Å². The van der Waals surface area contributed by atoms with Gasteiger partial charge in [-0.1, -0.05) is 45.0 Å². The summed E-state index contributed by atoms with van der Waals surface area (Å²) in [6, 6.07) is 19.7. The molecule has 0 N–H and O–H groups in total. The van der Waals surface area contributed by atoms with Crippen LogP contribution in [0.3, 0.4) is 0 Å². The molecule has 4 aliphatic heterocycles. The molecule has 1 saturated heterocycles. The molecule has 12 nitrogen and oxygen atoms in total. The normalized spacial score (nSPS) is 20.2. The summed E-state index contributed by atoms with van der Waals surface area (Å²) in [6.07, 6.45) is 6.75. The molecule has 0 saturated carbocycles. The third kappa shape index (κ3) is 8.50. The summed E-state index contributed by atoms with van der Waals surface area (Å²) in [5, 5.41) is 4.49. The maximum atomic E-state index is 15.4. The monoisotopic (exact) mass is 852 g/mol. The second-order valence-electron chi connectivity index (χ2n) is 17.9. The first-order valence-electron chi connectivity index (χ1n) is 20.7. The highest BCUT2D eigenvalue weighted by molar-refractivity contribution is 6.74. The number of allylic oxidation sites excluding steroid dienone is 1. The van der Waals surface area contributed by atoms with Crippen LogP contribution in [0.25, 0.3) is 0 Å². The molecule has 0 spiro atoms. The highest BCUT2D eigenvalue weighted by Crippen LogP contribution is 2.42. The number of halogens is 1. The Morgan fingerprint density at radius 1 is 0.983 bits per heavy atom. The van der Waals surface area contributed by atoms with E-state index in [1.54, 1.807) is 21.8 Å². The second-order valence-corrected chi connectivity index (χ2v) is 22.6. The minimum absolute atomic E-state index is 0. The van der Waals surface area contributed by atoms with Crippen LogP contribution in [0.15, 0.2) is 89.7 Å². The van der Waals surface area contributed by atoms with Crippen molar-refractivity contribution in [1.29, 1.82) is 0 Å². The zero-order valence-electron chi connectivity index (χ0n) is 36.0. The predicted octanol–water partition coefficient (Wildman–Crippen LogP) is 8.12. The van der Waals surface area contributed by atoms with Crippen LogP contribution < -0.4 is 18.8 Å². The van der Waals surface area contributed by atoms with Crippen molar-refractivity contribution in [3.05, 3.63) is 107 Å². The Kier molecular flexibility index (Phi) is 12.1. The Balaban J connectivity index is 0.00000544. The number of carbonyl (C=O) groups is 2. The van der Waals surface area contributed by atoms with Gasteiger partial charge in [-0.25, -0.2) is 0 Å². The van der Waals surface area contributed by atoms with E-state index in [2.05, 4.69) is 62.9 Å². The van der Waals surface area contributed by atoms with Crippen molar-refractivity contribution in [1.82, 2.24) is 19.6 Å². The molecule has 8 rings (SSSR count). The number of aliphatic imine (C=N–C) groups is 1. The third-order valence-corrected chi connectivity index (χ3v) is 17.0. The fourth-order valence-corrected chi connectivity index (χ4v) is 9.08. The summed E-state index contributed by atoms with van der Waals surface area (Å²) in [5.74, 6) is 1.47. The van der Waals surface area contributed by atoms with Crippen molar-refractivity contribution >= 4 is 49.6 Å². The molecule has 3 aromatic carbocycles. The highest BCUT2D eigenvalue weighted by atomic mass is 35.5. The number of morpholine rings is 1. The predicted molar refractivity (Wildman–Crippen MR) is 239 cm³/mol. The Morgan fingerprint density at radius 3 is 2.33 bits per heavy atom. The van der Waals surface area contributed by atoms with Crippen molar-refractivity contribution in [2.24, 2.45) is 12.0 Å². The van der Waals surface area contributed by atoms with Crippen molar-refractivity contribution < 1.29 is 28.2 Å². The maximum Gasteiger partial charge on any atom is 0.261 e. The van der Waals surface area contributed by atoms with Gasteiger partial charge in [0, 0.05) is 62.3 Å². The quantitative estimate of drug-likeness (QED) is 0.147. The van der Waals surface area contributed by atoms with Crippen LogP contribution in [0.4, 0.5) is 11.4 Å². The van der Waals surface area contributed by atoms with Crippen molar-refractivity contribution in [3.63, 3.8) is 0 Å². The number of nitrogens with zero attached hydrogens (tertiary/aromatic N) is 6. The van der Waals surface area contributed by atoms with Crippen LogP contribution in [-0.2, 0) is 29.5 Å². The molecular weight excluding hydrogens is 796 g/mol. The lowest BCUT2D eigenvalue weighted by atomic mass is 9.88. The third-order valence-electron chi connectivity index (χ3n) is 12.7. The lowest BCUT2D eigenvalue weighted by molar-refractivity contribution is -0.115. The molecule has 2 amide bonds. The zero-order valence-corrected chi connectivity index (χ0v) is 37.8. The molecule has 0 bridgehead atoms. The van der Waals surface area contributed by atoms with Gasteiger partial charge in [-0.3, -0.25) is 29.1 Å². The summed E-state index contributed by atoms with van der Waals surface area (Å²) in [5.41, 5.74) is 4.88. The molecule has 1 unspecified atom stereocenters. The molecule has 2 atom stereocenters. The average molecular weight is 854 g/mol. The van der Waals surface area contributed by atoms with Gasteiger partial charge in [-0.2, -0.15) is 5.10 Å². The summed E-state index contributed by atoms with van der Waals surface area (Å²) >= 11 is 0. The standard InChI is InChI=1S/C46H56N6O6Si.ClH/c1-31-23-32-11-9-10-12-33(32)28-51(31)43(53)38-25-42-41(56-30-57-42)24-37(38)40-26-39(46(5,48-40)17-18-50-19-21-55-22-20-50)44(54)52(35-27-47-49(6)29-35)34-13-15-36(16-14-34)58-59(7,8)45(2,3)4;/h9-16,24-27,29,31H,17-23,28,30H2,1-8H3;1H/t31-,46?;/m1./s1. The number of rotatable bonds is 10. The van der Waals surface area contributed by atoms with Crippen molar-refractivity contribution in [2.45, 2.75) is 83.7 Å². The van der Waals surface area contributed by atoms with Crippen LogP contribution in [0, 0.1) is 0 Å². The van der Waals surface area contributed by atoms with E-state index in [9.17, 15) is 4.79 Å². The number of hydrogen-bond donors (Lipinski definition) is 0. The van der Waals surface area contributed by atoms with Crippen molar-refractivity contribution in [3.8, 4) is 17.2 Å². The molecule has 0 radical (unpaired) electrons.